The molecule has 0 fully saturated rings. The van der Waals surface area contributed by atoms with Crippen LogP contribution in [0.5, 0.6) is 11.5 Å². The first-order valence-corrected chi connectivity index (χ1v) is 5.09. The Balaban J connectivity index is 3.41. The van der Waals surface area contributed by atoms with E-state index >= 15 is 0 Å². The highest BCUT2D eigenvalue weighted by Crippen LogP contribution is 2.40. The lowest BCUT2D eigenvalue weighted by atomic mass is 10.0. The molecule has 1 rings (SSSR count). The lowest BCUT2D eigenvalue weighted by Gasteiger charge is -2.15. The number of rotatable bonds is 2. The van der Waals surface area contributed by atoms with Gasteiger partial charge >= 0.3 is 0 Å². The fraction of sp³-hybridized carbons (Fsp3) is 0.400. The molecule has 3 N–H and O–H groups in total. The normalized spacial score (nSPS) is 12.6. The van der Waals surface area contributed by atoms with E-state index in [1.807, 2.05) is 13.8 Å². The van der Waals surface area contributed by atoms with Crippen molar-refractivity contribution in [3.8, 4) is 11.5 Å². The number of hydrogen-bond donors (Lipinski definition) is 2. The van der Waals surface area contributed by atoms with E-state index in [0.717, 1.165) is 11.1 Å². The molecule has 1 unspecified atom stereocenters. The number of ether oxygens (including phenoxy) is 1. The summed E-state index contributed by atoms with van der Waals surface area (Å²) >= 11 is 3.31. The number of aromatic hydroxyl groups is 1. The van der Waals surface area contributed by atoms with Gasteiger partial charge in [0.15, 0.2) is 11.5 Å². The summed E-state index contributed by atoms with van der Waals surface area (Å²) in [4.78, 5) is 0. The SMILES string of the molecule is COc1cc(C)c(C(C)N)c(Br)c1O. The Morgan fingerprint density at radius 1 is 1.57 bits per heavy atom. The first kappa shape index (κ1) is 11.3. The molecule has 1 atom stereocenters. The van der Waals surface area contributed by atoms with Gasteiger partial charge in [0, 0.05) is 6.04 Å². The summed E-state index contributed by atoms with van der Waals surface area (Å²) in [5.41, 5.74) is 7.70. The van der Waals surface area contributed by atoms with Gasteiger partial charge in [-0.1, -0.05) is 0 Å². The smallest absolute Gasteiger partial charge is 0.172 e. The monoisotopic (exact) mass is 259 g/mol. The lowest BCUT2D eigenvalue weighted by Crippen LogP contribution is -2.08. The third kappa shape index (κ3) is 1.86. The van der Waals surface area contributed by atoms with Gasteiger partial charge in [-0.3, -0.25) is 0 Å². The maximum absolute atomic E-state index is 9.72. The molecule has 0 heterocycles. The number of phenols is 1. The number of benzene rings is 1. The molecule has 0 amide bonds. The molecule has 78 valence electrons. The second-order valence-corrected chi connectivity index (χ2v) is 4.05. The van der Waals surface area contributed by atoms with E-state index in [1.54, 1.807) is 6.07 Å². The molecule has 0 saturated carbocycles. The maximum atomic E-state index is 9.72. The van der Waals surface area contributed by atoms with Gasteiger partial charge in [-0.25, -0.2) is 0 Å². The van der Waals surface area contributed by atoms with E-state index in [4.69, 9.17) is 10.5 Å². The van der Waals surface area contributed by atoms with Crippen LogP contribution in [0.4, 0.5) is 0 Å². The van der Waals surface area contributed by atoms with Gasteiger partial charge < -0.3 is 15.6 Å². The van der Waals surface area contributed by atoms with E-state index in [-0.39, 0.29) is 11.8 Å². The Kier molecular flexibility index (Phi) is 3.39. The molecule has 14 heavy (non-hydrogen) atoms. The molecule has 0 aromatic heterocycles. The van der Waals surface area contributed by atoms with Crippen LogP contribution in [0.1, 0.15) is 24.1 Å². The van der Waals surface area contributed by atoms with Gasteiger partial charge in [0.05, 0.1) is 11.6 Å². The quantitative estimate of drug-likeness (QED) is 0.858. The Morgan fingerprint density at radius 3 is 2.57 bits per heavy atom. The lowest BCUT2D eigenvalue weighted by molar-refractivity contribution is 0.370. The van der Waals surface area contributed by atoms with Crippen LogP contribution in [0.15, 0.2) is 10.5 Å². The van der Waals surface area contributed by atoms with Gasteiger partial charge in [-0.2, -0.15) is 0 Å². The molecule has 0 saturated heterocycles. The second kappa shape index (κ2) is 4.19. The summed E-state index contributed by atoms with van der Waals surface area (Å²) in [5, 5.41) is 9.72. The average Bonchev–Trinajstić information content (AvgIpc) is 2.10. The number of hydrogen-bond acceptors (Lipinski definition) is 3. The van der Waals surface area contributed by atoms with Crippen molar-refractivity contribution in [3.05, 3.63) is 21.7 Å². The van der Waals surface area contributed by atoms with Crippen LogP contribution >= 0.6 is 15.9 Å². The molecule has 0 radical (unpaired) electrons. The van der Waals surface area contributed by atoms with Crippen molar-refractivity contribution in [3.63, 3.8) is 0 Å². The van der Waals surface area contributed by atoms with E-state index in [1.165, 1.54) is 7.11 Å². The third-order valence-corrected chi connectivity index (χ3v) is 2.93. The molecule has 3 nitrogen and oxygen atoms in total. The van der Waals surface area contributed by atoms with E-state index in [9.17, 15) is 5.11 Å². The number of aryl methyl sites for hydroxylation is 1. The van der Waals surface area contributed by atoms with Gasteiger partial charge in [0.1, 0.15) is 0 Å². The molecular weight excluding hydrogens is 246 g/mol. The predicted octanol–water partition coefficient (Wildman–Crippen LogP) is 2.49. The third-order valence-electron chi connectivity index (χ3n) is 2.13. The molecule has 1 aromatic rings. The van der Waals surface area contributed by atoms with Gasteiger partial charge in [-0.15, -0.1) is 0 Å². The van der Waals surface area contributed by atoms with Crippen LogP contribution in [0.3, 0.4) is 0 Å². The van der Waals surface area contributed by atoms with Crippen LogP contribution in [0.2, 0.25) is 0 Å². The second-order valence-electron chi connectivity index (χ2n) is 3.26. The first-order valence-electron chi connectivity index (χ1n) is 4.30. The van der Waals surface area contributed by atoms with Crippen molar-refractivity contribution in [1.29, 1.82) is 0 Å². The van der Waals surface area contributed by atoms with Gasteiger partial charge in [-0.05, 0) is 47.0 Å². The zero-order valence-corrected chi connectivity index (χ0v) is 10.1. The highest BCUT2D eigenvalue weighted by molar-refractivity contribution is 9.10. The molecule has 0 bridgehead atoms. The van der Waals surface area contributed by atoms with Crippen LogP contribution in [0, 0.1) is 6.92 Å². The van der Waals surface area contributed by atoms with Crippen molar-refractivity contribution < 1.29 is 9.84 Å². The van der Waals surface area contributed by atoms with Gasteiger partial charge in [0.2, 0.25) is 0 Å². The minimum atomic E-state index is -0.124. The molecule has 4 heteroatoms. The van der Waals surface area contributed by atoms with E-state index in [2.05, 4.69) is 15.9 Å². The summed E-state index contributed by atoms with van der Waals surface area (Å²) in [7, 11) is 1.52. The average molecular weight is 260 g/mol. The fourth-order valence-corrected chi connectivity index (χ4v) is 2.34. The predicted molar refractivity (Wildman–Crippen MR) is 59.7 cm³/mol. The Morgan fingerprint density at radius 2 is 2.14 bits per heavy atom. The highest BCUT2D eigenvalue weighted by Gasteiger charge is 2.16. The maximum Gasteiger partial charge on any atom is 0.172 e. The van der Waals surface area contributed by atoms with Crippen LogP contribution in [0.25, 0.3) is 0 Å². The summed E-state index contributed by atoms with van der Waals surface area (Å²) < 4.78 is 5.64. The topological polar surface area (TPSA) is 55.5 Å². The molecule has 0 aliphatic rings. The van der Waals surface area contributed by atoms with Crippen LogP contribution in [-0.4, -0.2) is 12.2 Å². The zero-order valence-electron chi connectivity index (χ0n) is 8.47. The standard InChI is InChI=1S/C10H14BrNO2/c1-5-4-7(14-3)10(13)9(11)8(5)6(2)12/h4,6,13H,12H2,1-3H3. The van der Waals surface area contributed by atoms with Crippen LogP contribution in [-0.2, 0) is 0 Å². The van der Waals surface area contributed by atoms with Crippen molar-refractivity contribution >= 4 is 15.9 Å². The number of nitrogens with two attached hydrogens (primary N) is 1. The van der Waals surface area contributed by atoms with Crippen LogP contribution < -0.4 is 10.5 Å². The number of phenolic OH excluding ortho intramolecular Hbond substituents is 1. The largest absolute Gasteiger partial charge is 0.503 e. The Bertz CT molecular complexity index is 350. The Hall–Kier alpha value is -0.740. The minimum Gasteiger partial charge on any atom is -0.503 e. The van der Waals surface area contributed by atoms with E-state index < -0.39 is 0 Å². The van der Waals surface area contributed by atoms with Gasteiger partial charge in [0.25, 0.3) is 0 Å². The summed E-state index contributed by atoms with van der Waals surface area (Å²) in [5.74, 6) is 0.559. The van der Waals surface area contributed by atoms with Crippen molar-refractivity contribution in [2.75, 3.05) is 7.11 Å². The van der Waals surface area contributed by atoms with Crippen molar-refractivity contribution in [2.24, 2.45) is 5.73 Å². The molecule has 0 aliphatic carbocycles. The Labute approximate surface area is 92.0 Å². The highest BCUT2D eigenvalue weighted by atomic mass is 79.9. The fourth-order valence-electron chi connectivity index (χ4n) is 1.47. The summed E-state index contributed by atoms with van der Waals surface area (Å²) in [6.45, 7) is 3.81. The summed E-state index contributed by atoms with van der Waals surface area (Å²) in [6.07, 6.45) is 0. The zero-order chi connectivity index (χ0) is 10.9. The molecular formula is C10H14BrNO2. The minimum absolute atomic E-state index is 0.102. The molecule has 1 aromatic carbocycles. The van der Waals surface area contributed by atoms with E-state index in [0.29, 0.717) is 10.2 Å². The molecule has 0 spiro atoms. The first-order chi connectivity index (χ1) is 6.49. The van der Waals surface area contributed by atoms with Crippen molar-refractivity contribution in [2.45, 2.75) is 19.9 Å². The number of halogens is 1. The molecule has 0 aliphatic heterocycles. The number of methoxy groups -OCH3 is 1. The van der Waals surface area contributed by atoms with Crippen molar-refractivity contribution in [1.82, 2.24) is 0 Å². The summed E-state index contributed by atoms with van der Waals surface area (Å²) in [6, 6.07) is 1.65.